The second kappa shape index (κ2) is 6.08. The average molecular weight is 306 g/mol. The topological polar surface area (TPSA) is 99.3 Å². The van der Waals surface area contributed by atoms with Crippen LogP contribution in [0.1, 0.15) is 20.7 Å². The maximum atomic E-state index is 13.4. The number of halogens is 2. The molecular formula is C14H8F2N2O4. The molecule has 0 aliphatic heterocycles. The van der Waals surface area contributed by atoms with Gasteiger partial charge in [0.05, 0.1) is 11.1 Å². The van der Waals surface area contributed by atoms with Gasteiger partial charge in [0.2, 0.25) is 0 Å². The number of carbonyl (C=O) groups is 2. The predicted octanol–water partition coefficient (Wildman–Crippen LogP) is 3.78. The zero-order chi connectivity index (χ0) is 16.3. The van der Waals surface area contributed by atoms with Crippen molar-refractivity contribution in [3.8, 4) is 0 Å². The molecule has 0 aliphatic carbocycles. The number of hydrogen-bond donors (Lipinski definition) is 2. The monoisotopic (exact) mass is 306 g/mol. The minimum absolute atomic E-state index is 0.229. The van der Waals surface area contributed by atoms with Gasteiger partial charge in [-0.05, 0) is 30.3 Å². The number of azo groups is 1. The Labute approximate surface area is 122 Å². The van der Waals surface area contributed by atoms with Crippen molar-refractivity contribution in [3.05, 3.63) is 59.2 Å². The highest BCUT2D eigenvalue weighted by Gasteiger charge is 2.14. The first-order valence-electron chi connectivity index (χ1n) is 5.86. The van der Waals surface area contributed by atoms with E-state index in [2.05, 4.69) is 10.2 Å². The Morgan fingerprint density at radius 3 is 2.09 bits per heavy atom. The third-order valence-electron chi connectivity index (χ3n) is 2.67. The third-order valence-corrected chi connectivity index (χ3v) is 2.67. The predicted molar refractivity (Wildman–Crippen MR) is 70.9 cm³/mol. The van der Waals surface area contributed by atoms with Crippen molar-refractivity contribution in [2.45, 2.75) is 0 Å². The van der Waals surface area contributed by atoms with Gasteiger partial charge in [0.15, 0.2) is 17.3 Å². The largest absolute Gasteiger partial charge is 0.478 e. The molecule has 0 aromatic heterocycles. The normalized spacial score (nSPS) is 10.8. The fourth-order valence-corrected chi connectivity index (χ4v) is 1.62. The lowest BCUT2D eigenvalue weighted by molar-refractivity contribution is 0.0682. The van der Waals surface area contributed by atoms with Gasteiger partial charge in [0.25, 0.3) is 0 Å². The second-order valence-electron chi connectivity index (χ2n) is 4.11. The van der Waals surface area contributed by atoms with Gasteiger partial charge in [-0.15, -0.1) is 10.2 Å². The molecule has 0 unspecified atom stereocenters. The molecule has 6 nitrogen and oxygen atoms in total. The van der Waals surface area contributed by atoms with Crippen LogP contribution < -0.4 is 0 Å². The lowest BCUT2D eigenvalue weighted by Crippen LogP contribution is -2.00. The first-order chi connectivity index (χ1) is 10.4. The summed E-state index contributed by atoms with van der Waals surface area (Å²) in [5.41, 5.74) is -1.59. The number of carboxylic acids is 2. The molecule has 0 heterocycles. The molecule has 0 saturated carbocycles. The summed E-state index contributed by atoms with van der Waals surface area (Å²) < 4.78 is 26.8. The van der Waals surface area contributed by atoms with Crippen LogP contribution in [0.4, 0.5) is 20.2 Å². The Kier molecular flexibility index (Phi) is 4.21. The van der Waals surface area contributed by atoms with Crippen LogP contribution in [0.3, 0.4) is 0 Å². The van der Waals surface area contributed by atoms with Gasteiger partial charge >= 0.3 is 11.9 Å². The van der Waals surface area contributed by atoms with E-state index < -0.39 is 29.3 Å². The quantitative estimate of drug-likeness (QED) is 0.839. The van der Waals surface area contributed by atoms with Crippen molar-refractivity contribution in [1.29, 1.82) is 0 Å². The maximum absolute atomic E-state index is 13.4. The summed E-state index contributed by atoms with van der Waals surface area (Å²) in [6.45, 7) is 0. The molecule has 2 N–H and O–H groups in total. The Bertz CT molecular complexity index is 770. The van der Waals surface area contributed by atoms with E-state index in [-0.39, 0.29) is 16.8 Å². The molecule has 0 spiro atoms. The van der Waals surface area contributed by atoms with E-state index >= 15 is 0 Å². The van der Waals surface area contributed by atoms with Gasteiger partial charge in [-0.25, -0.2) is 18.4 Å². The van der Waals surface area contributed by atoms with Crippen molar-refractivity contribution >= 4 is 23.3 Å². The van der Waals surface area contributed by atoms with Crippen molar-refractivity contribution < 1.29 is 28.6 Å². The zero-order valence-corrected chi connectivity index (χ0v) is 10.8. The molecule has 8 heteroatoms. The van der Waals surface area contributed by atoms with Crippen molar-refractivity contribution in [1.82, 2.24) is 0 Å². The fraction of sp³-hybridized carbons (Fsp3) is 0. The molecule has 112 valence electrons. The van der Waals surface area contributed by atoms with Crippen LogP contribution in [-0.4, -0.2) is 22.2 Å². The van der Waals surface area contributed by atoms with Gasteiger partial charge in [-0.2, -0.15) is 0 Å². The molecule has 2 rings (SSSR count). The molecule has 0 bridgehead atoms. The van der Waals surface area contributed by atoms with Gasteiger partial charge in [0.1, 0.15) is 5.69 Å². The highest BCUT2D eigenvalue weighted by molar-refractivity contribution is 5.96. The molecule has 22 heavy (non-hydrogen) atoms. The van der Waals surface area contributed by atoms with Crippen LogP contribution in [0.25, 0.3) is 0 Å². The average Bonchev–Trinajstić information content (AvgIpc) is 2.46. The second-order valence-corrected chi connectivity index (χ2v) is 4.11. The van der Waals surface area contributed by atoms with E-state index in [1.165, 1.54) is 0 Å². The molecule has 2 aromatic rings. The Hall–Kier alpha value is -3.16. The van der Waals surface area contributed by atoms with Crippen molar-refractivity contribution in [2.24, 2.45) is 10.2 Å². The highest BCUT2D eigenvalue weighted by Crippen LogP contribution is 2.27. The summed E-state index contributed by atoms with van der Waals surface area (Å²) in [6.07, 6.45) is 0. The molecule has 2 aromatic carbocycles. The Morgan fingerprint density at radius 2 is 1.55 bits per heavy atom. The molecule has 0 amide bonds. The van der Waals surface area contributed by atoms with Crippen LogP contribution >= 0.6 is 0 Å². The maximum Gasteiger partial charge on any atom is 0.337 e. The minimum atomic E-state index is -1.38. The number of nitrogens with zero attached hydrogens (tertiary/aromatic N) is 2. The summed E-state index contributed by atoms with van der Waals surface area (Å²) >= 11 is 0. The summed E-state index contributed by atoms with van der Waals surface area (Å²) in [4.78, 5) is 21.9. The molecular weight excluding hydrogens is 298 g/mol. The Balaban J connectivity index is 2.51. The van der Waals surface area contributed by atoms with Crippen molar-refractivity contribution in [2.75, 3.05) is 0 Å². The van der Waals surface area contributed by atoms with Crippen LogP contribution in [-0.2, 0) is 0 Å². The Morgan fingerprint density at radius 1 is 0.909 bits per heavy atom. The first-order valence-corrected chi connectivity index (χ1v) is 5.86. The summed E-state index contributed by atoms with van der Waals surface area (Å²) in [6, 6.07) is 6.12. The molecule has 0 radical (unpaired) electrons. The first kappa shape index (κ1) is 15.2. The van der Waals surface area contributed by atoms with Crippen molar-refractivity contribution in [3.63, 3.8) is 0 Å². The number of hydrogen-bond acceptors (Lipinski definition) is 4. The van der Waals surface area contributed by atoms with Gasteiger partial charge in [0, 0.05) is 0 Å². The van der Waals surface area contributed by atoms with Crippen LogP contribution in [0.15, 0.2) is 46.6 Å². The summed E-state index contributed by atoms with van der Waals surface area (Å²) in [5, 5.41) is 24.7. The lowest BCUT2D eigenvalue weighted by atomic mass is 10.1. The van der Waals surface area contributed by atoms with Gasteiger partial charge in [-0.1, -0.05) is 6.07 Å². The molecule has 0 fully saturated rings. The summed E-state index contributed by atoms with van der Waals surface area (Å²) in [5.74, 6) is -4.63. The van der Waals surface area contributed by atoms with Gasteiger partial charge < -0.3 is 10.2 Å². The zero-order valence-electron chi connectivity index (χ0n) is 10.8. The van der Waals surface area contributed by atoms with E-state index in [1.807, 2.05) is 0 Å². The molecule has 0 aliphatic rings. The number of aromatic carboxylic acids is 2. The lowest BCUT2D eigenvalue weighted by Gasteiger charge is -2.02. The van der Waals surface area contributed by atoms with E-state index in [0.29, 0.717) is 0 Å². The number of benzene rings is 2. The third kappa shape index (κ3) is 3.11. The number of rotatable bonds is 4. The number of carboxylic acid groups (broad SMARTS) is 2. The van der Waals surface area contributed by atoms with Crippen LogP contribution in [0.5, 0.6) is 0 Å². The molecule has 0 saturated heterocycles. The minimum Gasteiger partial charge on any atom is -0.478 e. The smallest absolute Gasteiger partial charge is 0.337 e. The van der Waals surface area contributed by atoms with E-state index in [9.17, 15) is 18.4 Å². The van der Waals surface area contributed by atoms with E-state index in [4.69, 9.17) is 10.2 Å². The highest BCUT2D eigenvalue weighted by atomic mass is 19.1. The van der Waals surface area contributed by atoms with Crippen LogP contribution in [0.2, 0.25) is 0 Å². The standard InChI is InChI=1S/C14H8F2N2O4/c15-9-2-1-3-10(16)12(9)18-17-11-6-7(13(19)20)4-5-8(11)14(21)22/h1-6H,(H,19,20)(H,21,22). The fourth-order valence-electron chi connectivity index (χ4n) is 1.62. The SMILES string of the molecule is O=C(O)c1ccc(C(=O)O)c(N=Nc2c(F)cccc2F)c1. The van der Waals surface area contributed by atoms with Gasteiger partial charge in [-0.3, -0.25) is 0 Å². The summed E-state index contributed by atoms with van der Waals surface area (Å²) in [7, 11) is 0. The van der Waals surface area contributed by atoms with E-state index in [1.54, 1.807) is 0 Å². The molecule has 0 atom stereocenters. The van der Waals surface area contributed by atoms with Crippen LogP contribution in [0, 0.1) is 11.6 Å². The van der Waals surface area contributed by atoms with E-state index in [0.717, 1.165) is 36.4 Å².